The van der Waals surface area contributed by atoms with E-state index in [0.29, 0.717) is 6.61 Å². The van der Waals surface area contributed by atoms with Gasteiger partial charge in [0.2, 0.25) is 0 Å². The van der Waals surface area contributed by atoms with Crippen LogP contribution in [0, 0.1) is 17.8 Å². The number of hydrogen-bond donors (Lipinski definition) is 0. The summed E-state index contributed by atoms with van der Waals surface area (Å²) >= 11 is 0. The lowest BCUT2D eigenvalue weighted by Gasteiger charge is -2.15. The van der Waals surface area contributed by atoms with Crippen molar-refractivity contribution < 1.29 is 9.53 Å². The van der Waals surface area contributed by atoms with E-state index in [1.165, 1.54) is 51.4 Å². The number of hydrogen-bond acceptors (Lipinski definition) is 2. The Bertz CT molecular complexity index is 344. The van der Waals surface area contributed by atoms with Crippen LogP contribution >= 0.6 is 0 Å². The molecule has 0 aliphatic heterocycles. The van der Waals surface area contributed by atoms with E-state index in [1.807, 2.05) is 13.8 Å². The molecule has 0 aliphatic rings. The van der Waals surface area contributed by atoms with Gasteiger partial charge in [0.05, 0.1) is 6.61 Å². The van der Waals surface area contributed by atoms with Gasteiger partial charge in [-0.3, -0.25) is 0 Å². The van der Waals surface area contributed by atoms with Crippen molar-refractivity contribution in [2.75, 3.05) is 6.61 Å². The second kappa shape index (κ2) is 14.5. The number of carbonyl (C=O) groups excluding carboxylic acids is 1. The maximum atomic E-state index is 11.4. The number of rotatable bonds is 14. The molecule has 0 bridgehead atoms. The van der Waals surface area contributed by atoms with Crippen molar-refractivity contribution in [3.63, 3.8) is 0 Å². The Morgan fingerprint density at radius 3 is 1.88 bits per heavy atom. The second-order valence-electron chi connectivity index (χ2n) is 8.10. The van der Waals surface area contributed by atoms with Crippen molar-refractivity contribution in [2.45, 2.75) is 99.3 Å². The molecule has 0 aromatic heterocycles. The minimum absolute atomic E-state index is 0.200. The molecule has 0 saturated heterocycles. The van der Waals surface area contributed by atoms with Crippen LogP contribution in [-0.2, 0) is 9.53 Å². The van der Waals surface area contributed by atoms with Gasteiger partial charge in [0.1, 0.15) is 0 Å². The highest BCUT2D eigenvalue weighted by atomic mass is 16.5. The zero-order chi connectivity index (χ0) is 18.4. The van der Waals surface area contributed by atoms with E-state index < -0.39 is 0 Å². The standard InChI is InChI=1S/C22H42O2/c1-7-24-22(23)17-21(6)16-10-15-20(5)14-9-13-19(4)12-8-11-18(2)3/h17-20H,7-16H2,1-6H3. The van der Waals surface area contributed by atoms with Crippen LogP contribution in [-0.4, -0.2) is 12.6 Å². The minimum atomic E-state index is -0.200. The van der Waals surface area contributed by atoms with E-state index in [-0.39, 0.29) is 5.97 Å². The summed E-state index contributed by atoms with van der Waals surface area (Å²) in [5.74, 6) is 2.32. The molecule has 0 aliphatic carbocycles. The normalized spacial score (nSPS) is 14.7. The molecule has 142 valence electrons. The van der Waals surface area contributed by atoms with Gasteiger partial charge in [-0.15, -0.1) is 0 Å². The highest BCUT2D eigenvalue weighted by molar-refractivity contribution is 5.82. The van der Waals surface area contributed by atoms with Crippen LogP contribution in [0.4, 0.5) is 0 Å². The molecule has 2 heteroatoms. The van der Waals surface area contributed by atoms with E-state index in [2.05, 4.69) is 27.7 Å². The van der Waals surface area contributed by atoms with E-state index in [1.54, 1.807) is 6.08 Å². The van der Waals surface area contributed by atoms with Gasteiger partial charge in [-0.25, -0.2) is 4.79 Å². The van der Waals surface area contributed by atoms with Crippen LogP contribution in [0.1, 0.15) is 99.3 Å². The molecule has 2 nitrogen and oxygen atoms in total. The fourth-order valence-corrected chi connectivity index (χ4v) is 3.16. The van der Waals surface area contributed by atoms with Gasteiger partial charge in [0.15, 0.2) is 0 Å². The summed E-state index contributed by atoms with van der Waals surface area (Å²) in [6.07, 6.45) is 13.3. The quantitative estimate of drug-likeness (QED) is 0.253. The minimum Gasteiger partial charge on any atom is -0.463 e. The molecule has 0 saturated carbocycles. The molecule has 0 rings (SSSR count). The van der Waals surface area contributed by atoms with Crippen LogP contribution in [0.5, 0.6) is 0 Å². The van der Waals surface area contributed by atoms with Gasteiger partial charge >= 0.3 is 5.97 Å². The summed E-state index contributed by atoms with van der Waals surface area (Å²) in [6.45, 7) is 13.7. The third-order valence-corrected chi connectivity index (χ3v) is 4.79. The summed E-state index contributed by atoms with van der Waals surface area (Å²) in [6, 6.07) is 0. The van der Waals surface area contributed by atoms with Crippen molar-refractivity contribution in [3.8, 4) is 0 Å². The average molecular weight is 339 g/mol. The number of ether oxygens (including phenoxy) is 1. The Kier molecular flexibility index (Phi) is 14.1. The fourth-order valence-electron chi connectivity index (χ4n) is 3.16. The maximum Gasteiger partial charge on any atom is 0.330 e. The first kappa shape index (κ1) is 23.2. The summed E-state index contributed by atoms with van der Waals surface area (Å²) in [7, 11) is 0. The summed E-state index contributed by atoms with van der Waals surface area (Å²) in [5.41, 5.74) is 1.14. The SMILES string of the molecule is CCOC(=O)C=C(C)CCCC(C)CCCC(C)CCCC(C)C. The molecule has 0 aromatic carbocycles. The van der Waals surface area contributed by atoms with Crippen LogP contribution in [0.2, 0.25) is 0 Å². The summed E-state index contributed by atoms with van der Waals surface area (Å²) < 4.78 is 4.94. The topological polar surface area (TPSA) is 26.3 Å². The lowest BCUT2D eigenvalue weighted by molar-refractivity contribution is -0.137. The molecule has 0 N–H and O–H groups in total. The van der Waals surface area contributed by atoms with Crippen LogP contribution in [0.3, 0.4) is 0 Å². The molecule has 0 fully saturated rings. The third-order valence-electron chi connectivity index (χ3n) is 4.79. The summed E-state index contributed by atoms with van der Waals surface area (Å²) in [4.78, 5) is 11.4. The first-order valence-corrected chi connectivity index (χ1v) is 10.2. The van der Waals surface area contributed by atoms with Crippen LogP contribution < -0.4 is 0 Å². The monoisotopic (exact) mass is 338 g/mol. The molecule has 0 heterocycles. The van der Waals surface area contributed by atoms with E-state index >= 15 is 0 Å². The largest absolute Gasteiger partial charge is 0.463 e. The Labute approximate surface area is 151 Å². The molecule has 2 unspecified atom stereocenters. The zero-order valence-corrected chi connectivity index (χ0v) is 17.2. The fraction of sp³-hybridized carbons (Fsp3) is 0.864. The predicted molar refractivity (Wildman–Crippen MR) is 105 cm³/mol. The van der Waals surface area contributed by atoms with Crippen LogP contribution in [0.15, 0.2) is 11.6 Å². The summed E-state index contributed by atoms with van der Waals surface area (Å²) in [5, 5.41) is 0. The first-order valence-electron chi connectivity index (χ1n) is 10.2. The van der Waals surface area contributed by atoms with Gasteiger partial charge in [-0.1, -0.05) is 78.2 Å². The molecule has 0 spiro atoms. The molecule has 24 heavy (non-hydrogen) atoms. The first-order chi connectivity index (χ1) is 11.3. The lowest BCUT2D eigenvalue weighted by atomic mass is 9.91. The maximum absolute atomic E-state index is 11.4. The van der Waals surface area contributed by atoms with Gasteiger partial charge < -0.3 is 4.74 Å². The van der Waals surface area contributed by atoms with E-state index in [9.17, 15) is 4.79 Å². The van der Waals surface area contributed by atoms with Crippen molar-refractivity contribution in [2.24, 2.45) is 17.8 Å². The predicted octanol–water partition coefficient (Wildman–Crippen LogP) is 6.93. The zero-order valence-electron chi connectivity index (χ0n) is 17.2. The second-order valence-corrected chi connectivity index (χ2v) is 8.10. The van der Waals surface area contributed by atoms with E-state index in [0.717, 1.165) is 29.7 Å². The number of carbonyl (C=O) groups is 1. The molecular weight excluding hydrogens is 296 g/mol. The van der Waals surface area contributed by atoms with Gasteiger partial charge in [-0.2, -0.15) is 0 Å². The molecule has 0 amide bonds. The highest BCUT2D eigenvalue weighted by Crippen LogP contribution is 2.22. The lowest BCUT2D eigenvalue weighted by Crippen LogP contribution is -2.01. The smallest absolute Gasteiger partial charge is 0.330 e. The van der Waals surface area contributed by atoms with E-state index in [4.69, 9.17) is 4.74 Å². The van der Waals surface area contributed by atoms with Crippen molar-refractivity contribution in [3.05, 3.63) is 11.6 Å². The van der Waals surface area contributed by atoms with Gasteiger partial charge in [-0.05, 0) is 44.4 Å². The average Bonchev–Trinajstić information content (AvgIpc) is 2.46. The molecular formula is C22H42O2. The Morgan fingerprint density at radius 1 is 0.875 bits per heavy atom. The van der Waals surface area contributed by atoms with Crippen LogP contribution in [0.25, 0.3) is 0 Å². The van der Waals surface area contributed by atoms with Crippen molar-refractivity contribution >= 4 is 5.97 Å². The molecule has 0 aromatic rings. The Morgan fingerprint density at radius 2 is 1.38 bits per heavy atom. The van der Waals surface area contributed by atoms with Crippen molar-refractivity contribution in [1.82, 2.24) is 0 Å². The highest BCUT2D eigenvalue weighted by Gasteiger charge is 2.07. The Hall–Kier alpha value is -0.790. The van der Waals surface area contributed by atoms with Gasteiger partial charge in [0.25, 0.3) is 0 Å². The number of allylic oxidation sites excluding steroid dienone is 1. The number of esters is 1. The third kappa shape index (κ3) is 14.8. The molecule has 2 atom stereocenters. The van der Waals surface area contributed by atoms with Crippen molar-refractivity contribution in [1.29, 1.82) is 0 Å². The molecule has 0 radical (unpaired) electrons. The Balaban J connectivity index is 3.69. The van der Waals surface area contributed by atoms with Gasteiger partial charge in [0, 0.05) is 6.08 Å².